The normalized spacial score (nSPS) is 12.9. The molecule has 0 aromatic heterocycles. The zero-order chi connectivity index (χ0) is 15.3. The molecule has 0 bridgehead atoms. The number of nitrogens with one attached hydrogen (secondary N) is 2. The van der Waals surface area contributed by atoms with Crippen molar-refractivity contribution in [3.05, 3.63) is 65.7 Å². The first-order chi connectivity index (χ1) is 10.0. The maximum Gasteiger partial charge on any atom is 0.236 e. The first-order valence-corrected chi connectivity index (χ1v) is 8.47. The number of hydrogen-bond donors (Lipinski definition) is 2. The summed E-state index contributed by atoms with van der Waals surface area (Å²) < 4.78 is 27.3. The first-order valence-electron chi connectivity index (χ1n) is 6.82. The minimum atomic E-state index is -3.43. The van der Waals surface area contributed by atoms with Crippen LogP contribution in [0.15, 0.2) is 54.6 Å². The molecular formula is C16H20N2O2S. The van der Waals surface area contributed by atoms with Crippen LogP contribution in [0.5, 0.6) is 0 Å². The van der Waals surface area contributed by atoms with Crippen LogP contribution < -0.4 is 10.0 Å². The first kappa shape index (κ1) is 15.5. The van der Waals surface area contributed by atoms with Crippen molar-refractivity contribution in [3.8, 4) is 0 Å². The number of benzene rings is 2. The van der Waals surface area contributed by atoms with Crippen molar-refractivity contribution < 1.29 is 8.42 Å². The van der Waals surface area contributed by atoms with Gasteiger partial charge in [0.15, 0.2) is 0 Å². The molecule has 0 aliphatic rings. The van der Waals surface area contributed by atoms with Crippen molar-refractivity contribution in [2.45, 2.75) is 18.7 Å². The van der Waals surface area contributed by atoms with E-state index in [9.17, 15) is 8.42 Å². The monoisotopic (exact) mass is 304 g/mol. The fraction of sp³-hybridized carbons (Fsp3) is 0.250. The van der Waals surface area contributed by atoms with E-state index in [1.165, 1.54) is 0 Å². The van der Waals surface area contributed by atoms with Crippen molar-refractivity contribution >= 4 is 15.7 Å². The SMILES string of the molecule is CNC(C)c1ccccc1NS(=O)(=O)Cc1ccccc1. The van der Waals surface area contributed by atoms with Crippen LogP contribution >= 0.6 is 0 Å². The molecule has 2 N–H and O–H groups in total. The predicted octanol–water partition coefficient (Wildman–Crippen LogP) is 2.91. The maximum atomic E-state index is 12.3. The second kappa shape index (κ2) is 6.74. The molecule has 4 nitrogen and oxygen atoms in total. The molecule has 2 aromatic rings. The van der Waals surface area contributed by atoms with Gasteiger partial charge in [-0.3, -0.25) is 4.72 Å². The van der Waals surface area contributed by atoms with Crippen LogP contribution in [0.1, 0.15) is 24.1 Å². The zero-order valence-corrected chi connectivity index (χ0v) is 13.0. The minimum absolute atomic E-state index is 0.0316. The molecule has 5 heteroatoms. The van der Waals surface area contributed by atoms with Crippen molar-refractivity contribution in [2.75, 3.05) is 11.8 Å². The van der Waals surface area contributed by atoms with Gasteiger partial charge in [-0.15, -0.1) is 0 Å². The highest BCUT2D eigenvalue weighted by atomic mass is 32.2. The summed E-state index contributed by atoms with van der Waals surface area (Å²) in [7, 11) is -1.58. The van der Waals surface area contributed by atoms with Crippen molar-refractivity contribution in [1.82, 2.24) is 5.32 Å². The third-order valence-electron chi connectivity index (χ3n) is 3.33. The third kappa shape index (κ3) is 4.31. The molecule has 0 heterocycles. The molecule has 0 saturated carbocycles. The highest BCUT2D eigenvalue weighted by molar-refractivity contribution is 7.91. The van der Waals surface area contributed by atoms with Crippen LogP contribution in [0, 0.1) is 0 Å². The molecule has 0 amide bonds. The summed E-state index contributed by atoms with van der Waals surface area (Å²) in [5.41, 5.74) is 2.32. The molecule has 0 fully saturated rings. The van der Waals surface area contributed by atoms with E-state index in [1.807, 2.05) is 50.4 Å². The highest BCUT2D eigenvalue weighted by Gasteiger charge is 2.15. The Balaban J connectivity index is 2.21. The van der Waals surface area contributed by atoms with Gasteiger partial charge in [0.25, 0.3) is 0 Å². The van der Waals surface area contributed by atoms with Gasteiger partial charge < -0.3 is 5.32 Å². The Hall–Kier alpha value is -1.85. The van der Waals surface area contributed by atoms with Gasteiger partial charge in [-0.1, -0.05) is 48.5 Å². The largest absolute Gasteiger partial charge is 0.313 e. The molecule has 2 aromatic carbocycles. The Labute approximate surface area is 126 Å². The van der Waals surface area contributed by atoms with Crippen LogP contribution in [-0.4, -0.2) is 15.5 Å². The maximum absolute atomic E-state index is 12.3. The molecule has 0 aliphatic carbocycles. The second-order valence-corrected chi connectivity index (χ2v) is 6.67. The summed E-state index contributed by atoms with van der Waals surface area (Å²) in [5.74, 6) is -0.0316. The van der Waals surface area contributed by atoms with Crippen molar-refractivity contribution in [1.29, 1.82) is 0 Å². The van der Waals surface area contributed by atoms with E-state index in [1.54, 1.807) is 18.2 Å². The summed E-state index contributed by atoms with van der Waals surface area (Å²) in [4.78, 5) is 0. The van der Waals surface area contributed by atoms with Gasteiger partial charge in [0.2, 0.25) is 10.0 Å². The molecule has 1 atom stereocenters. The number of para-hydroxylation sites is 1. The van der Waals surface area contributed by atoms with Gasteiger partial charge in [0.1, 0.15) is 0 Å². The molecule has 21 heavy (non-hydrogen) atoms. The van der Waals surface area contributed by atoms with E-state index in [2.05, 4.69) is 10.0 Å². The number of hydrogen-bond acceptors (Lipinski definition) is 3. The molecule has 0 aliphatic heterocycles. The van der Waals surface area contributed by atoms with Gasteiger partial charge in [-0.05, 0) is 31.2 Å². The lowest BCUT2D eigenvalue weighted by Gasteiger charge is -2.17. The summed E-state index contributed by atoms with van der Waals surface area (Å²) in [6, 6.07) is 16.7. The Kier molecular flexibility index (Phi) is 4.98. The molecule has 2 rings (SSSR count). The quantitative estimate of drug-likeness (QED) is 0.862. The average Bonchev–Trinajstić information content (AvgIpc) is 2.47. The minimum Gasteiger partial charge on any atom is -0.313 e. The van der Waals surface area contributed by atoms with Gasteiger partial charge in [-0.2, -0.15) is 0 Å². The topological polar surface area (TPSA) is 58.2 Å². The molecule has 0 spiro atoms. The molecule has 1 unspecified atom stereocenters. The standard InChI is InChI=1S/C16H20N2O2S/c1-13(17-2)15-10-6-7-11-16(15)18-21(19,20)12-14-8-4-3-5-9-14/h3-11,13,17-18H,12H2,1-2H3. The summed E-state index contributed by atoms with van der Waals surface area (Å²) >= 11 is 0. The molecule has 0 saturated heterocycles. The van der Waals surface area contributed by atoms with E-state index >= 15 is 0 Å². The predicted molar refractivity (Wildman–Crippen MR) is 86.6 cm³/mol. The number of anilines is 1. The Morgan fingerprint density at radius 3 is 2.29 bits per heavy atom. The van der Waals surface area contributed by atoms with Gasteiger partial charge >= 0.3 is 0 Å². The Morgan fingerprint density at radius 1 is 1.00 bits per heavy atom. The Bertz CT molecular complexity index is 684. The number of rotatable bonds is 6. The fourth-order valence-corrected chi connectivity index (χ4v) is 3.34. The third-order valence-corrected chi connectivity index (χ3v) is 4.57. The Morgan fingerprint density at radius 2 is 1.62 bits per heavy atom. The summed E-state index contributed by atoms with van der Waals surface area (Å²) in [5, 5.41) is 3.12. The molecular weight excluding hydrogens is 284 g/mol. The van der Waals surface area contributed by atoms with Gasteiger partial charge in [-0.25, -0.2) is 8.42 Å². The van der Waals surface area contributed by atoms with Gasteiger partial charge in [0, 0.05) is 6.04 Å². The van der Waals surface area contributed by atoms with Crippen LogP contribution in [0.25, 0.3) is 0 Å². The van der Waals surface area contributed by atoms with Crippen LogP contribution in [-0.2, 0) is 15.8 Å². The van der Waals surface area contributed by atoms with Gasteiger partial charge in [0.05, 0.1) is 11.4 Å². The zero-order valence-electron chi connectivity index (χ0n) is 12.2. The van der Waals surface area contributed by atoms with E-state index < -0.39 is 10.0 Å². The lowest BCUT2D eigenvalue weighted by molar-refractivity contribution is 0.600. The van der Waals surface area contributed by atoms with Crippen LogP contribution in [0.4, 0.5) is 5.69 Å². The fourth-order valence-electron chi connectivity index (χ4n) is 2.12. The number of sulfonamides is 1. The van der Waals surface area contributed by atoms with Crippen LogP contribution in [0.3, 0.4) is 0 Å². The lowest BCUT2D eigenvalue weighted by Crippen LogP contribution is -2.19. The van der Waals surface area contributed by atoms with Crippen LogP contribution in [0.2, 0.25) is 0 Å². The highest BCUT2D eigenvalue weighted by Crippen LogP contribution is 2.23. The molecule has 0 radical (unpaired) electrons. The average molecular weight is 304 g/mol. The summed E-state index contributed by atoms with van der Waals surface area (Å²) in [6.07, 6.45) is 0. The van der Waals surface area contributed by atoms with E-state index in [0.29, 0.717) is 5.69 Å². The van der Waals surface area contributed by atoms with Crippen molar-refractivity contribution in [2.24, 2.45) is 0 Å². The molecule has 112 valence electrons. The summed E-state index contributed by atoms with van der Waals surface area (Å²) in [6.45, 7) is 1.99. The smallest absolute Gasteiger partial charge is 0.236 e. The van der Waals surface area contributed by atoms with E-state index in [4.69, 9.17) is 0 Å². The lowest BCUT2D eigenvalue weighted by atomic mass is 10.1. The van der Waals surface area contributed by atoms with E-state index in [-0.39, 0.29) is 11.8 Å². The second-order valence-electron chi connectivity index (χ2n) is 4.94. The van der Waals surface area contributed by atoms with Crippen molar-refractivity contribution in [3.63, 3.8) is 0 Å². The van der Waals surface area contributed by atoms with E-state index in [0.717, 1.165) is 11.1 Å².